The average molecular weight is 256 g/mol. The third-order valence-corrected chi connectivity index (χ3v) is 2.56. The highest BCUT2D eigenvalue weighted by molar-refractivity contribution is 5.62. The third kappa shape index (κ3) is 3.77. The summed E-state index contributed by atoms with van der Waals surface area (Å²) >= 11 is 0. The predicted octanol–water partition coefficient (Wildman–Crippen LogP) is 2.64. The van der Waals surface area contributed by atoms with Crippen molar-refractivity contribution in [2.24, 2.45) is 0 Å². The number of halogens is 1. The van der Waals surface area contributed by atoms with Gasteiger partial charge in [-0.1, -0.05) is 0 Å². The lowest BCUT2D eigenvalue weighted by Gasteiger charge is -2.25. The normalized spacial score (nSPS) is 11.4. The van der Waals surface area contributed by atoms with Crippen molar-refractivity contribution in [1.29, 1.82) is 0 Å². The fourth-order valence-corrected chi connectivity index (χ4v) is 1.63. The number of rotatable bonds is 6. The molecule has 3 N–H and O–H groups in total. The Hall–Kier alpha value is -1.49. The second kappa shape index (κ2) is 5.91. The van der Waals surface area contributed by atoms with Crippen molar-refractivity contribution in [2.75, 3.05) is 31.3 Å². The van der Waals surface area contributed by atoms with Gasteiger partial charge in [-0.15, -0.1) is 0 Å². The number of methoxy groups -OCH3 is 1. The standard InChI is InChI=1S/C13H21FN2O2/c1-5-18-13(2,3)8-16-11-7-12(17-4)10(15)6-9(11)14/h6-7,16H,5,8,15H2,1-4H3. The highest BCUT2D eigenvalue weighted by Gasteiger charge is 2.18. The molecule has 1 rings (SSSR count). The number of hydrogen-bond acceptors (Lipinski definition) is 4. The minimum Gasteiger partial charge on any atom is -0.495 e. The average Bonchev–Trinajstić information content (AvgIpc) is 2.28. The molecular weight excluding hydrogens is 235 g/mol. The van der Waals surface area contributed by atoms with Crippen LogP contribution in [-0.4, -0.2) is 25.9 Å². The number of nitrogens with one attached hydrogen (secondary N) is 1. The first-order chi connectivity index (χ1) is 8.39. The van der Waals surface area contributed by atoms with E-state index in [1.54, 1.807) is 6.07 Å². The molecular formula is C13H21FN2O2. The van der Waals surface area contributed by atoms with E-state index in [0.717, 1.165) is 0 Å². The molecule has 0 fully saturated rings. The summed E-state index contributed by atoms with van der Waals surface area (Å²) in [5.41, 5.74) is 5.89. The molecule has 0 heterocycles. The molecule has 0 aliphatic carbocycles. The predicted molar refractivity (Wildman–Crippen MR) is 71.6 cm³/mol. The number of nitrogen functional groups attached to an aromatic ring is 1. The van der Waals surface area contributed by atoms with Gasteiger partial charge in [0.2, 0.25) is 0 Å². The van der Waals surface area contributed by atoms with Gasteiger partial charge in [0.25, 0.3) is 0 Å². The SMILES string of the molecule is CCOC(C)(C)CNc1cc(OC)c(N)cc1F. The largest absolute Gasteiger partial charge is 0.495 e. The van der Waals surface area contributed by atoms with Gasteiger partial charge in [-0.3, -0.25) is 0 Å². The van der Waals surface area contributed by atoms with Gasteiger partial charge in [0.1, 0.15) is 11.6 Å². The molecule has 5 heteroatoms. The third-order valence-electron chi connectivity index (χ3n) is 2.56. The van der Waals surface area contributed by atoms with Gasteiger partial charge in [-0.25, -0.2) is 4.39 Å². The van der Waals surface area contributed by atoms with Gasteiger partial charge in [-0.05, 0) is 20.8 Å². The van der Waals surface area contributed by atoms with Crippen LogP contribution in [0.2, 0.25) is 0 Å². The van der Waals surface area contributed by atoms with Gasteiger partial charge < -0.3 is 20.5 Å². The first-order valence-corrected chi connectivity index (χ1v) is 5.90. The highest BCUT2D eigenvalue weighted by atomic mass is 19.1. The lowest BCUT2D eigenvalue weighted by atomic mass is 10.1. The van der Waals surface area contributed by atoms with Gasteiger partial charge in [0.15, 0.2) is 0 Å². The van der Waals surface area contributed by atoms with Crippen LogP contribution in [0.3, 0.4) is 0 Å². The molecule has 0 amide bonds. The molecule has 0 spiro atoms. The van der Waals surface area contributed by atoms with E-state index in [2.05, 4.69) is 5.32 Å². The van der Waals surface area contributed by atoms with Crippen LogP contribution in [0.5, 0.6) is 5.75 Å². The van der Waals surface area contributed by atoms with Crippen molar-refractivity contribution in [3.8, 4) is 5.75 Å². The van der Waals surface area contributed by atoms with Crippen molar-refractivity contribution in [1.82, 2.24) is 0 Å². The van der Waals surface area contributed by atoms with Crippen LogP contribution in [0, 0.1) is 5.82 Å². The zero-order valence-electron chi connectivity index (χ0n) is 11.3. The van der Waals surface area contributed by atoms with Crippen molar-refractivity contribution in [3.05, 3.63) is 17.9 Å². The molecule has 0 unspecified atom stereocenters. The van der Waals surface area contributed by atoms with Crippen LogP contribution in [0.4, 0.5) is 15.8 Å². The van der Waals surface area contributed by atoms with Crippen LogP contribution in [0.15, 0.2) is 12.1 Å². The molecule has 0 bridgehead atoms. The minimum atomic E-state index is -0.402. The van der Waals surface area contributed by atoms with E-state index in [9.17, 15) is 4.39 Å². The molecule has 0 radical (unpaired) electrons. The molecule has 102 valence electrons. The van der Waals surface area contributed by atoms with Crippen LogP contribution >= 0.6 is 0 Å². The zero-order valence-corrected chi connectivity index (χ0v) is 11.3. The number of hydrogen-bond donors (Lipinski definition) is 2. The Bertz CT molecular complexity index is 408. The van der Waals surface area contributed by atoms with E-state index in [0.29, 0.717) is 24.6 Å². The van der Waals surface area contributed by atoms with Gasteiger partial charge in [0.05, 0.1) is 24.1 Å². The van der Waals surface area contributed by atoms with E-state index in [1.807, 2.05) is 20.8 Å². The van der Waals surface area contributed by atoms with Crippen LogP contribution < -0.4 is 15.8 Å². The Morgan fingerprint density at radius 1 is 1.39 bits per heavy atom. The topological polar surface area (TPSA) is 56.5 Å². The van der Waals surface area contributed by atoms with Gasteiger partial charge >= 0.3 is 0 Å². The molecule has 0 aromatic heterocycles. The molecule has 4 nitrogen and oxygen atoms in total. The smallest absolute Gasteiger partial charge is 0.148 e. The van der Waals surface area contributed by atoms with E-state index in [-0.39, 0.29) is 11.3 Å². The Kier molecular flexibility index (Phi) is 4.78. The number of nitrogens with two attached hydrogens (primary N) is 1. The summed E-state index contributed by atoms with van der Waals surface area (Å²) in [7, 11) is 1.50. The van der Waals surface area contributed by atoms with E-state index < -0.39 is 5.82 Å². The van der Waals surface area contributed by atoms with E-state index >= 15 is 0 Å². The first-order valence-electron chi connectivity index (χ1n) is 5.90. The van der Waals surface area contributed by atoms with Crippen LogP contribution in [-0.2, 0) is 4.74 Å². The molecule has 0 saturated heterocycles. The maximum atomic E-state index is 13.7. The van der Waals surface area contributed by atoms with Crippen molar-refractivity contribution < 1.29 is 13.9 Å². The van der Waals surface area contributed by atoms with Crippen LogP contribution in [0.1, 0.15) is 20.8 Å². The lowest BCUT2D eigenvalue weighted by Crippen LogP contribution is -2.33. The second-order valence-corrected chi connectivity index (χ2v) is 4.62. The Morgan fingerprint density at radius 3 is 2.61 bits per heavy atom. The number of benzene rings is 1. The molecule has 1 aromatic carbocycles. The molecule has 0 aliphatic rings. The first kappa shape index (κ1) is 14.6. The summed E-state index contributed by atoms with van der Waals surface area (Å²) in [6.45, 7) is 6.91. The summed E-state index contributed by atoms with van der Waals surface area (Å²) < 4.78 is 24.3. The van der Waals surface area contributed by atoms with Crippen molar-refractivity contribution in [2.45, 2.75) is 26.4 Å². The summed E-state index contributed by atoms with van der Waals surface area (Å²) in [6.07, 6.45) is 0. The van der Waals surface area contributed by atoms with E-state index in [4.69, 9.17) is 15.2 Å². The molecule has 18 heavy (non-hydrogen) atoms. The monoisotopic (exact) mass is 256 g/mol. The van der Waals surface area contributed by atoms with Gasteiger partial charge in [0, 0.05) is 25.3 Å². The number of ether oxygens (including phenoxy) is 2. The maximum Gasteiger partial charge on any atom is 0.148 e. The second-order valence-electron chi connectivity index (χ2n) is 4.62. The van der Waals surface area contributed by atoms with Crippen LogP contribution in [0.25, 0.3) is 0 Å². The fraction of sp³-hybridized carbons (Fsp3) is 0.538. The Morgan fingerprint density at radius 2 is 2.06 bits per heavy atom. The fourth-order valence-electron chi connectivity index (χ4n) is 1.63. The summed E-state index contributed by atoms with van der Waals surface area (Å²) in [6, 6.07) is 2.79. The Labute approximate surface area is 107 Å². The molecule has 0 atom stereocenters. The minimum absolute atomic E-state index is 0.282. The summed E-state index contributed by atoms with van der Waals surface area (Å²) in [5, 5.41) is 3.00. The van der Waals surface area contributed by atoms with Crippen molar-refractivity contribution >= 4 is 11.4 Å². The van der Waals surface area contributed by atoms with Gasteiger partial charge in [-0.2, -0.15) is 0 Å². The zero-order chi connectivity index (χ0) is 13.8. The lowest BCUT2D eigenvalue weighted by molar-refractivity contribution is 0.000659. The number of anilines is 2. The van der Waals surface area contributed by atoms with E-state index in [1.165, 1.54) is 13.2 Å². The molecule has 0 aliphatic heterocycles. The van der Waals surface area contributed by atoms with Crippen molar-refractivity contribution in [3.63, 3.8) is 0 Å². The highest BCUT2D eigenvalue weighted by Crippen LogP contribution is 2.28. The Balaban J connectivity index is 2.79. The maximum absolute atomic E-state index is 13.7. The quantitative estimate of drug-likeness (QED) is 0.768. The summed E-state index contributed by atoms with van der Waals surface area (Å²) in [5.74, 6) is 0.0497. The molecule has 1 aromatic rings. The molecule has 0 saturated carbocycles. The summed E-state index contributed by atoms with van der Waals surface area (Å²) in [4.78, 5) is 0.